The highest BCUT2D eigenvalue weighted by Gasteiger charge is 2.13. The molecule has 1 heterocycles. The molecule has 116 valence electrons. The van der Waals surface area contributed by atoms with E-state index in [1.54, 1.807) is 7.11 Å². The van der Waals surface area contributed by atoms with Gasteiger partial charge in [0.15, 0.2) is 11.5 Å². The van der Waals surface area contributed by atoms with Gasteiger partial charge >= 0.3 is 0 Å². The molecule has 0 radical (unpaired) electrons. The smallest absolute Gasteiger partial charge is 0.233 e. The summed E-state index contributed by atoms with van der Waals surface area (Å²) in [5, 5.41) is 3.68. The van der Waals surface area contributed by atoms with E-state index in [4.69, 9.17) is 15.2 Å². The first-order valence-electron chi connectivity index (χ1n) is 6.71. The molecule has 22 heavy (non-hydrogen) atoms. The van der Waals surface area contributed by atoms with E-state index in [2.05, 4.69) is 26.9 Å². The van der Waals surface area contributed by atoms with Gasteiger partial charge in [0, 0.05) is 0 Å². The number of hydrogen-bond acceptors (Lipinski definition) is 7. The highest BCUT2D eigenvalue weighted by molar-refractivity contribution is 5.88. The molecule has 7 nitrogen and oxygen atoms in total. The van der Waals surface area contributed by atoms with Crippen molar-refractivity contribution < 1.29 is 14.3 Å². The Hall–Kier alpha value is -2.83. The van der Waals surface area contributed by atoms with Crippen molar-refractivity contribution in [1.82, 2.24) is 9.97 Å². The van der Waals surface area contributed by atoms with Gasteiger partial charge in [-0.05, 0) is 24.1 Å². The molecule has 7 heteroatoms. The lowest BCUT2D eigenvalue weighted by atomic mass is 10.1. The molecule has 0 unspecified atom stereocenters. The highest BCUT2D eigenvalue weighted by atomic mass is 16.6. The molecule has 0 aliphatic rings. The van der Waals surface area contributed by atoms with Crippen molar-refractivity contribution in [3.8, 4) is 17.4 Å². The second-order valence-electron chi connectivity index (χ2n) is 4.34. The number of hydrogen-bond donors (Lipinski definition) is 1. The lowest BCUT2D eigenvalue weighted by molar-refractivity contribution is 0.215. The number of methoxy groups -OCH3 is 1. The number of nitrogens with two attached hydrogens (primary N) is 1. The first-order valence-corrected chi connectivity index (χ1v) is 6.71. The van der Waals surface area contributed by atoms with Crippen LogP contribution in [0.1, 0.15) is 18.1 Å². The molecular formula is C15H18N4O3. The zero-order valence-corrected chi connectivity index (χ0v) is 12.7. The number of aromatic nitrogens is 2. The summed E-state index contributed by atoms with van der Waals surface area (Å²) in [5.74, 6) is 1.67. The number of nitrogen functional groups attached to an aromatic ring is 1. The Labute approximate surface area is 128 Å². The van der Waals surface area contributed by atoms with Gasteiger partial charge in [-0.1, -0.05) is 18.1 Å². The van der Waals surface area contributed by atoms with Crippen LogP contribution in [0, 0.1) is 0 Å². The topological polar surface area (TPSA) is 91.9 Å². The number of oxime groups is 1. The predicted octanol–water partition coefficient (Wildman–Crippen LogP) is 2.40. The molecule has 0 fully saturated rings. The van der Waals surface area contributed by atoms with Gasteiger partial charge in [-0.25, -0.2) is 9.97 Å². The lowest BCUT2D eigenvalue weighted by Crippen LogP contribution is -2.03. The molecular weight excluding hydrogens is 284 g/mol. The minimum Gasteiger partial charge on any atom is -0.493 e. The summed E-state index contributed by atoms with van der Waals surface area (Å²) in [5.41, 5.74) is 7.40. The molecule has 2 aromatic rings. The van der Waals surface area contributed by atoms with Gasteiger partial charge in [0.2, 0.25) is 5.88 Å². The van der Waals surface area contributed by atoms with E-state index in [9.17, 15) is 0 Å². The van der Waals surface area contributed by atoms with Crippen LogP contribution in [0.25, 0.3) is 0 Å². The summed E-state index contributed by atoms with van der Waals surface area (Å²) < 4.78 is 11.2. The van der Waals surface area contributed by atoms with E-state index in [0.717, 1.165) is 12.0 Å². The number of aryl methyl sites for hydroxylation is 1. The van der Waals surface area contributed by atoms with E-state index >= 15 is 0 Å². The van der Waals surface area contributed by atoms with Crippen LogP contribution >= 0.6 is 0 Å². The highest BCUT2D eigenvalue weighted by Crippen LogP contribution is 2.33. The van der Waals surface area contributed by atoms with Crippen LogP contribution in [0.2, 0.25) is 0 Å². The van der Waals surface area contributed by atoms with Crippen LogP contribution in [0.3, 0.4) is 0 Å². The van der Waals surface area contributed by atoms with Crippen LogP contribution in [0.4, 0.5) is 5.82 Å². The number of rotatable bonds is 6. The normalized spacial score (nSPS) is 10.7. The Balaban J connectivity index is 2.39. The first kappa shape index (κ1) is 15.6. The minimum atomic E-state index is 0.245. The number of nitrogens with zero attached hydrogens (tertiary/aromatic N) is 3. The maximum Gasteiger partial charge on any atom is 0.233 e. The van der Waals surface area contributed by atoms with Gasteiger partial charge in [0.1, 0.15) is 24.8 Å². The fraction of sp³-hybridized carbons (Fsp3) is 0.267. The van der Waals surface area contributed by atoms with Crippen molar-refractivity contribution in [2.75, 3.05) is 20.0 Å². The molecule has 2 N–H and O–H groups in total. The summed E-state index contributed by atoms with van der Waals surface area (Å²) in [7, 11) is 3.02. The molecule has 0 atom stereocenters. The van der Waals surface area contributed by atoms with Crippen LogP contribution < -0.4 is 15.2 Å². The number of ether oxygens (including phenoxy) is 2. The SMILES string of the molecule is CCc1ccc(Oc2ncnc(N)c2/C=N\OC)c(OC)c1. The van der Waals surface area contributed by atoms with Crippen LogP contribution in [0.15, 0.2) is 29.7 Å². The van der Waals surface area contributed by atoms with Gasteiger partial charge < -0.3 is 20.0 Å². The van der Waals surface area contributed by atoms with Crippen molar-refractivity contribution in [1.29, 1.82) is 0 Å². The quantitative estimate of drug-likeness (QED) is 0.650. The number of anilines is 1. The van der Waals surface area contributed by atoms with E-state index < -0.39 is 0 Å². The molecule has 0 aliphatic carbocycles. The third kappa shape index (κ3) is 3.43. The Bertz CT molecular complexity index is 674. The second-order valence-corrected chi connectivity index (χ2v) is 4.34. The second kappa shape index (κ2) is 7.26. The van der Waals surface area contributed by atoms with Gasteiger partial charge in [-0.3, -0.25) is 0 Å². The average Bonchev–Trinajstić information content (AvgIpc) is 2.54. The third-order valence-corrected chi connectivity index (χ3v) is 3.01. The molecule has 0 aliphatic heterocycles. The van der Waals surface area contributed by atoms with E-state index in [0.29, 0.717) is 17.1 Å². The van der Waals surface area contributed by atoms with Gasteiger partial charge in [0.05, 0.1) is 13.3 Å². The van der Waals surface area contributed by atoms with E-state index in [1.807, 2.05) is 18.2 Å². The predicted molar refractivity (Wildman–Crippen MR) is 83.5 cm³/mol. The summed E-state index contributed by atoms with van der Waals surface area (Å²) in [6, 6.07) is 5.71. The largest absolute Gasteiger partial charge is 0.493 e. The van der Waals surface area contributed by atoms with Gasteiger partial charge in [-0.15, -0.1) is 0 Å². The molecule has 2 rings (SSSR count). The Morgan fingerprint density at radius 3 is 2.73 bits per heavy atom. The molecule has 0 bridgehead atoms. The van der Waals surface area contributed by atoms with Gasteiger partial charge in [-0.2, -0.15) is 0 Å². The standard InChI is InChI=1S/C15H18N4O3/c1-4-10-5-6-12(13(7-10)20-2)22-15-11(8-19-21-3)14(16)17-9-18-15/h5-9H,4H2,1-3H3,(H2,16,17,18)/b19-8-. The Morgan fingerprint density at radius 2 is 2.05 bits per heavy atom. The van der Waals surface area contributed by atoms with Crippen molar-refractivity contribution in [3.63, 3.8) is 0 Å². The summed E-state index contributed by atoms with van der Waals surface area (Å²) in [6.45, 7) is 2.07. The maximum atomic E-state index is 5.82. The van der Waals surface area contributed by atoms with E-state index in [-0.39, 0.29) is 11.7 Å². The Morgan fingerprint density at radius 1 is 1.23 bits per heavy atom. The summed E-state index contributed by atoms with van der Waals surface area (Å²) in [6.07, 6.45) is 3.63. The van der Waals surface area contributed by atoms with Crippen molar-refractivity contribution in [2.24, 2.45) is 5.16 Å². The Kier molecular flexibility index (Phi) is 5.13. The van der Waals surface area contributed by atoms with Crippen molar-refractivity contribution in [3.05, 3.63) is 35.7 Å². The maximum absolute atomic E-state index is 5.82. The van der Waals surface area contributed by atoms with Crippen LogP contribution in [-0.2, 0) is 11.3 Å². The number of benzene rings is 1. The minimum absolute atomic E-state index is 0.245. The van der Waals surface area contributed by atoms with Crippen LogP contribution in [0.5, 0.6) is 17.4 Å². The summed E-state index contributed by atoms with van der Waals surface area (Å²) >= 11 is 0. The monoisotopic (exact) mass is 302 g/mol. The van der Waals surface area contributed by atoms with Gasteiger partial charge in [0.25, 0.3) is 0 Å². The fourth-order valence-corrected chi connectivity index (χ4v) is 1.82. The zero-order chi connectivity index (χ0) is 15.9. The molecule has 1 aromatic carbocycles. The zero-order valence-electron chi connectivity index (χ0n) is 12.7. The molecule has 0 spiro atoms. The average molecular weight is 302 g/mol. The fourth-order valence-electron chi connectivity index (χ4n) is 1.82. The van der Waals surface area contributed by atoms with Crippen molar-refractivity contribution in [2.45, 2.75) is 13.3 Å². The van der Waals surface area contributed by atoms with E-state index in [1.165, 1.54) is 19.7 Å². The third-order valence-electron chi connectivity index (χ3n) is 3.01. The molecule has 0 saturated carbocycles. The van der Waals surface area contributed by atoms with Crippen LogP contribution in [-0.4, -0.2) is 30.4 Å². The molecule has 1 aromatic heterocycles. The first-order chi connectivity index (χ1) is 10.7. The molecule has 0 saturated heterocycles. The van der Waals surface area contributed by atoms with Crippen molar-refractivity contribution >= 4 is 12.0 Å². The summed E-state index contributed by atoms with van der Waals surface area (Å²) in [4.78, 5) is 12.7. The molecule has 0 amide bonds. The lowest BCUT2D eigenvalue weighted by Gasteiger charge is -2.12.